The summed E-state index contributed by atoms with van der Waals surface area (Å²) in [5.74, 6) is 1.39. The molecule has 76 valence electrons. The molecule has 1 N–H and O–H groups in total. The van der Waals surface area contributed by atoms with Crippen LogP contribution in [-0.2, 0) is 4.79 Å². The summed E-state index contributed by atoms with van der Waals surface area (Å²) in [4.78, 5) is 11.4. The highest BCUT2D eigenvalue weighted by atomic mass is 16.1. The lowest BCUT2D eigenvalue weighted by Crippen LogP contribution is -2.30. The van der Waals surface area contributed by atoms with Gasteiger partial charge in [-0.2, -0.15) is 0 Å². The Morgan fingerprint density at radius 1 is 1.54 bits per heavy atom. The third-order valence-corrected chi connectivity index (χ3v) is 2.84. The summed E-state index contributed by atoms with van der Waals surface area (Å²) < 4.78 is 0. The molecule has 1 heterocycles. The third kappa shape index (κ3) is 3.90. The van der Waals surface area contributed by atoms with Gasteiger partial charge in [0, 0.05) is 12.3 Å². The highest BCUT2D eigenvalue weighted by molar-refractivity contribution is 5.80. The molecule has 13 heavy (non-hydrogen) atoms. The van der Waals surface area contributed by atoms with Gasteiger partial charge in [0.15, 0.2) is 0 Å². The number of hydrogen-bond acceptors (Lipinski definition) is 2. The summed E-state index contributed by atoms with van der Waals surface area (Å²) in [6.45, 7) is 6.25. The van der Waals surface area contributed by atoms with Crippen LogP contribution in [0.5, 0.6) is 0 Å². The van der Waals surface area contributed by atoms with E-state index in [0.29, 0.717) is 5.78 Å². The lowest BCUT2D eigenvalue weighted by atomic mass is 9.92. The topological polar surface area (TPSA) is 29.1 Å². The van der Waals surface area contributed by atoms with Gasteiger partial charge in [-0.05, 0) is 38.3 Å². The van der Waals surface area contributed by atoms with Gasteiger partial charge in [0.2, 0.25) is 0 Å². The second-order valence-corrected chi connectivity index (χ2v) is 4.37. The molecule has 1 unspecified atom stereocenters. The minimum atomic E-state index is 0.219. The van der Waals surface area contributed by atoms with Gasteiger partial charge in [-0.1, -0.05) is 13.8 Å². The number of carbonyl (C=O) groups excluding carboxylic acids is 1. The van der Waals surface area contributed by atoms with E-state index in [9.17, 15) is 4.79 Å². The maximum Gasteiger partial charge on any atom is 0.135 e. The van der Waals surface area contributed by atoms with Gasteiger partial charge in [-0.15, -0.1) is 0 Å². The van der Waals surface area contributed by atoms with Crippen molar-refractivity contribution in [2.24, 2.45) is 11.8 Å². The van der Waals surface area contributed by atoms with E-state index in [0.717, 1.165) is 31.8 Å². The number of Topliss-reactive ketones (excluding diaryl/α,β-unsaturated/α-hetero) is 1. The number of piperidine rings is 1. The molecule has 0 spiro atoms. The van der Waals surface area contributed by atoms with Gasteiger partial charge in [0.1, 0.15) is 5.78 Å². The molecule has 0 aromatic rings. The summed E-state index contributed by atoms with van der Waals surface area (Å²) in [6.07, 6.45) is 4.45. The monoisotopic (exact) mass is 183 g/mol. The van der Waals surface area contributed by atoms with Crippen molar-refractivity contribution in [3.63, 3.8) is 0 Å². The second kappa shape index (κ2) is 5.38. The van der Waals surface area contributed by atoms with Gasteiger partial charge < -0.3 is 5.32 Å². The van der Waals surface area contributed by atoms with Crippen molar-refractivity contribution < 1.29 is 4.79 Å². The number of hydrogen-bond donors (Lipinski definition) is 1. The Morgan fingerprint density at radius 3 is 2.85 bits per heavy atom. The summed E-state index contributed by atoms with van der Waals surface area (Å²) in [5.41, 5.74) is 0. The first kappa shape index (κ1) is 10.7. The summed E-state index contributed by atoms with van der Waals surface area (Å²) in [6, 6.07) is 0. The fourth-order valence-electron chi connectivity index (χ4n) is 1.81. The lowest BCUT2D eigenvalue weighted by Gasteiger charge is -2.22. The van der Waals surface area contributed by atoms with Crippen LogP contribution >= 0.6 is 0 Å². The molecule has 0 aromatic heterocycles. The standard InChI is InChI=1S/C11H21NO/c1-9(2)11(13)6-5-10-4-3-7-12-8-10/h9-10,12H,3-8H2,1-2H3. The first-order valence-corrected chi connectivity index (χ1v) is 5.43. The average Bonchev–Trinajstić information content (AvgIpc) is 2.15. The van der Waals surface area contributed by atoms with E-state index in [4.69, 9.17) is 0 Å². The molecule has 0 aromatic carbocycles. The molecular formula is C11H21NO. The van der Waals surface area contributed by atoms with Crippen LogP contribution < -0.4 is 5.32 Å². The van der Waals surface area contributed by atoms with Gasteiger partial charge in [-0.25, -0.2) is 0 Å². The Kier molecular flexibility index (Phi) is 4.43. The Morgan fingerprint density at radius 2 is 2.31 bits per heavy atom. The van der Waals surface area contributed by atoms with Crippen molar-refractivity contribution in [1.29, 1.82) is 0 Å². The van der Waals surface area contributed by atoms with E-state index < -0.39 is 0 Å². The second-order valence-electron chi connectivity index (χ2n) is 4.37. The predicted octanol–water partition coefficient (Wildman–Crippen LogP) is 1.99. The Labute approximate surface area is 81.1 Å². The van der Waals surface area contributed by atoms with E-state index >= 15 is 0 Å². The van der Waals surface area contributed by atoms with Gasteiger partial charge >= 0.3 is 0 Å². The smallest absolute Gasteiger partial charge is 0.135 e. The maximum atomic E-state index is 11.4. The van der Waals surface area contributed by atoms with Crippen LogP contribution in [-0.4, -0.2) is 18.9 Å². The minimum Gasteiger partial charge on any atom is -0.316 e. The third-order valence-electron chi connectivity index (χ3n) is 2.84. The fraction of sp³-hybridized carbons (Fsp3) is 0.909. The Bertz CT molecular complexity index is 159. The van der Waals surface area contributed by atoms with Gasteiger partial charge in [0.05, 0.1) is 0 Å². The number of nitrogens with one attached hydrogen (secondary N) is 1. The summed E-state index contributed by atoms with van der Waals surface area (Å²) >= 11 is 0. The van der Waals surface area contributed by atoms with Crippen LogP contribution in [0.4, 0.5) is 0 Å². The summed E-state index contributed by atoms with van der Waals surface area (Å²) in [5, 5.41) is 3.38. The molecule has 0 bridgehead atoms. The molecule has 2 nitrogen and oxygen atoms in total. The molecular weight excluding hydrogens is 162 g/mol. The van der Waals surface area contributed by atoms with E-state index in [2.05, 4.69) is 5.32 Å². The molecule has 1 atom stereocenters. The fourth-order valence-corrected chi connectivity index (χ4v) is 1.81. The van der Waals surface area contributed by atoms with Crippen LogP contribution in [0.2, 0.25) is 0 Å². The normalized spacial score (nSPS) is 23.5. The molecule has 1 saturated heterocycles. The number of rotatable bonds is 4. The zero-order chi connectivity index (χ0) is 9.68. The molecule has 1 aliphatic rings. The van der Waals surface area contributed by atoms with Crippen molar-refractivity contribution >= 4 is 5.78 Å². The number of carbonyl (C=O) groups is 1. The largest absolute Gasteiger partial charge is 0.316 e. The molecule has 0 radical (unpaired) electrons. The molecule has 0 amide bonds. The summed E-state index contributed by atoms with van der Waals surface area (Å²) in [7, 11) is 0. The van der Waals surface area contributed by atoms with Crippen LogP contribution in [0.1, 0.15) is 39.5 Å². The highest BCUT2D eigenvalue weighted by Crippen LogP contribution is 2.17. The maximum absolute atomic E-state index is 11.4. The van der Waals surface area contributed by atoms with E-state index in [1.807, 2.05) is 13.8 Å². The SMILES string of the molecule is CC(C)C(=O)CCC1CCCNC1. The molecule has 1 rings (SSSR count). The molecule has 2 heteroatoms. The van der Waals surface area contributed by atoms with E-state index in [1.54, 1.807) is 0 Å². The average molecular weight is 183 g/mol. The van der Waals surface area contributed by atoms with E-state index in [1.165, 1.54) is 12.8 Å². The van der Waals surface area contributed by atoms with Crippen LogP contribution in [0.25, 0.3) is 0 Å². The quantitative estimate of drug-likeness (QED) is 0.722. The van der Waals surface area contributed by atoms with Crippen LogP contribution in [0, 0.1) is 11.8 Å². The first-order valence-electron chi connectivity index (χ1n) is 5.43. The van der Waals surface area contributed by atoms with E-state index in [-0.39, 0.29) is 5.92 Å². The predicted molar refractivity (Wildman–Crippen MR) is 54.7 cm³/mol. The van der Waals surface area contributed by atoms with Gasteiger partial charge in [-0.3, -0.25) is 4.79 Å². The van der Waals surface area contributed by atoms with Gasteiger partial charge in [0.25, 0.3) is 0 Å². The molecule has 1 aliphatic heterocycles. The molecule has 0 aliphatic carbocycles. The van der Waals surface area contributed by atoms with Crippen molar-refractivity contribution in [1.82, 2.24) is 5.32 Å². The first-order chi connectivity index (χ1) is 6.20. The zero-order valence-electron chi connectivity index (χ0n) is 8.81. The van der Waals surface area contributed by atoms with Crippen molar-refractivity contribution in [2.75, 3.05) is 13.1 Å². The highest BCUT2D eigenvalue weighted by Gasteiger charge is 2.15. The molecule has 1 fully saturated rings. The Hall–Kier alpha value is -0.370. The van der Waals surface area contributed by atoms with Crippen molar-refractivity contribution in [2.45, 2.75) is 39.5 Å². The molecule has 0 saturated carbocycles. The lowest BCUT2D eigenvalue weighted by molar-refractivity contribution is -0.122. The van der Waals surface area contributed by atoms with Crippen molar-refractivity contribution in [3.05, 3.63) is 0 Å². The Balaban J connectivity index is 2.13. The van der Waals surface area contributed by atoms with Crippen molar-refractivity contribution in [3.8, 4) is 0 Å². The minimum absolute atomic E-state index is 0.219. The van der Waals surface area contributed by atoms with Crippen LogP contribution in [0.15, 0.2) is 0 Å². The van der Waals surface area contributed by atoms with Crippen LogP contribution in [0.3, 0.4) is 0 Å². The number of ketones is 1. The zero-order valence-corrected chi connectivity index (χ0v) is 8.81.